The Morgan fingerprint density at radius 3 is 2.45 bits per heavy atom. The maximum absolute atomic E-state index is 13.2. The number of hydrogen-bond donors (Lipinski definition) is 1. The fourth-order valence-electron chi connectivity index (χ4n) is 2.73. The molecule has 0 saturated heterocycles. The van der Waals surface area contributed by atoms with E-state index < -0.39 is 18.4 Å². The third kappa shape index (κ3) is 3.75. The van der Waals surface area contributed by atoms with Gasteiger partial charge < -0.3 is 14.2 Å². The van der Waals surface area contributed by atoms with Crippen molar-refractivity contribution in [2.24, 2.45) is 0 Å². The van der Waals surface area contributed by atoms with E-state index >= 15 is 0 Å². The number of aromatic nitrogens is 3. The van der Waals surface area contributed by atoms with Crippen LogP contribution in [0.25, 0.3) is 22.4 Å². The third-order valence-corrected chi connectivity index (χ3v) is 3.81. The molecule has 0 saturated carbocycles. The number of halogens is 5. The Balaban J connectivity index is 1.82. The van der Waals surface area contributed by atoms with Crippen LogP contribution < -0.4 is 14.2 Å². The molecule has 2 heterocycles. The lowest BCUT2D eigenvalue weighted by Gasteiger charge is -2.12. The van der Waals surface area contributed by atoms with Gasteiger partial charge in [-0.2, -0.15) is 5.26 Å². The Bertz CT molecular complexity index is 1140. The highest BCUT2D eigenvalue weighted by Crippen LogP contribution is 2.44. The molecular formula is C17H7F5N4O3. The topological polar surface area (TPSA) is 93.1 Å². The SMILES string of the molecule is N#Cc1[nH]nnc1-c1cc(OC(F)(F)F)cc(-c2ccc3c(c2)OC(F)(F)O3)c1. The number of aromatic amines is 1. The number of nitriles is 1. The van der Waals surface area contributed by atoms with E-state index in [-0.39, 0.29) is 39.6 Å². The normalized spacial score (nSPS) is 14.5. The summed E-state index contributed by atoms with van der Waals surface area (Å²) >= 11 is 0. The van der Waals surface area contributed by atoms with Crippen molar-refractivity contribution in [3.8, 4) is 45.7 Å². The maximum atomic E-state index is 13.2. The van der Waals surface area contributed by atoms with E-state index in [4.69, 9.17) is 5.26 Å². The summed E-state index contributed by atoms with van der Waals surface area (Å²) in [6, 6.07) is 8.99. The Hall–Kier alpha value is -3.88. The van der Waals surface area contributed by atoms with Crippen LogP contribution in [0.2, 0.25) is 0 Å². The van der Waals surface area contributed by atoms with Crippen molar-refractivity contribution in [3.05, 3.63) is 42.1 Å². The molecule has 0 spiro atoms. The molecule has 12 heteroatoms. The molecule has 0 radical (unpaired) electrons. The number of rotatable bonds is 3. The zero-order valence-electron chi connectivity index (χ0n) is 13.9. The molecule has 1 aliphatic rings. The zero-order valence-corrected chi connectivity index (χ0v) is 13.9. The number of benzene rings is 2. The number of fused-ring (bicyclic) bond motifs is 1. The van der Waals surface area contributed by atoms with Crippen LogP contribution in [0.15, 0.2) is 36.4 Å². The van der Waals surface area contributed by atoms with Crippen molar-refractivity contribution in [2.45, 2.75) is 12.7 Å². The molecule has 0 amide bonds. The number of hydrogen-bond acceptors (Lipinski definition) is 6. The standard InChI is InChI=1S/C17H7F5N4O3/c18-16(19,20)27-11-4-9(3-10(5-11)15-12(7-23)24-26-25-15)8-1-2-13-14(6-8)29-17(21,22)28-13/h1-6H,(H,24,25,26). The van der Waals surface area contributed by atoms with Gasteiger partial charge in [-0.3, -0.25) is 0 Å². The van der Waals surface area contributed by atoms with E-state index in [1.807, 2.05) is 0 Å². The predicted octanol–water partition coefficient (Wildman–Crippen LogP) is 4.23. The number of alkyl halides is 5. The van der Waals surface area contributed by atoms with Crippen LogP contribution in [0, 0.1) is 11.3 Å². The fourth-order valence-corrected chi connectivity index (χ4v) is 2.73. The van der Waals surface area contributed by atoms with Crippen molar-refractivity contribution in [2.75, 3.05) is 0 Å². The van der Waals surface area contributed by atoms with Gasteiger partial charge in [-0.15, -0.1) is 27.1 Å². The van der Waals surface area contributed by atoms with Gasteiger partial charge >= 0.3 is 12.7 Å². The minimum absolute atomic E-state index is 0.00588. The molecule has 0 unspecified atom stereocenters. The van der Waals surface area contributed by atoms with Gasteiger partial charge in [0.1, 0.15) is 17.5 Å². The second-order valence-electron chi connectivity index (χ2n) is 5.77. The van der Waals surface area contributed by atoms with E-state index in [1.54, 1.807) is 6.07 Å². The summed E-state index contributed by atoms with van der Waals surface area (Å²) in [6.07, 6.45) is -8.81. The summed E-state index contributed by atoms with van der Waals surface area (Å²) in [7, 11) is 0. The molecule has 0 fully saturated rings. The minimum Gasteiger partial charge on any atom is -0.406 e. The second-order valence-corrected chi connectivity index (χ2v) is 5.77. The molecule has 4 rings (SSSR count). The van der Waals surface area contributed by atoms with Crippen molar-refractivity contribution in [1.82, 2.24) is 15.4 Å². The van der Waals surface area contributed by atoms with Crippen molar-refractivity contribution in [3.63, 3.8) is 0 Å². The van der Waals surface area contributed by atoms with E-state index in [1.165, 1.54) is 24.3 Å². The molecule has 3 aromatic rings. The van der Waals surface area contributed by atoms with Crippen LogP contribution >= 0.6 is 0 Å². The van der Waals surface area contributed by atoms with E-state index in [0.717, 1.165) is 12.1 Å². The van der Waals surface area contributed by atoms with Gasteiger partial charge in [-0.25, -0.2) is 5.10 Å². The molecule has 29 heavy (non-hydrogen) atoms. The average molecular weight is 410 g/mol. The van der Waals surface area contributed by atoms with Gasteiger partial charge in [-0.1, -0.05) is 11.3 Å². The van der Waals surface area contributed by atoms with Crippen LogP contribution in [0.4, 0.5) is 22.0 Å². The lowest BCUT2D eigenvalue weighted by molar-refractivity contribution is -0.286. The van der Waals surface area contributed by atoms with Gasteiger partial charge in [0.25, 0.3) is 0 Å². The van der Waals surface area contributed by atoms with Crippen LogP contribution in [0.3, 0.4) is 0 Å². The summed E-state index contributed by atoms with van der Waals surface area (Å²) < 4.78 is 77.3. The molecule has 0 atom stereocenters. The van der Waals surface area contributed by atoms with E-state index in [9.17, 15) is 22.0 Å². The average Bonchev–Trinajstić information content (AvgIpc) is 3.21. The molecule has 2 aromatic carbocycles. The lowest BCUT2D eigenvalue weighted by Crippen LogP contribution is -2.25. The Morgan fingerprint density at radius 2 is 1.72 bits per heavy atom. The highest BCUT2D eigenvalue weighted by Gasteiger charge is 2.43. The lowest BCUT2D eigenvalue weighted by atomic mass is 10.00. The smallest absolute Gasteiger partial charge is 0.406 e. The number of H-pyrrole nitrogens is 1. The molecule has 148 valence electrons. The zero-order chi connectivity index (χ0) is 20.8. The summed E-state index contributed by atoms with van der Waals surface area (Å²) in [5.41, 5.74) is 0.408. The highest BCUT2D eigenvalue weighted by molar-refractivity contribution is 5.76. The quantitative estimate of drug-likeness (QED) is 0.650. The molecule has 0 aliphatic carbocycles. The molecule has 1 aliphatic heterocycles. The number of nitrogens with zero attached hydrogens (tertiary/aromatic N) is 3. The largest absolute Gasteiger partial charge is 0.586 e. The van der Waals surface area contributed by atoms with Crippen LogP contribution in [-0.4, -0.2) is 28.1 Å². The molecule has 1 aromatic heterocycles. The van der Waals surface area contributed by atoms with Gasteiger partial charge in [0.15, 0.2) is 17.2 Å². The highest BCUT2D eigenvalue weighted by atomic mass is 19.4. The van der Waals surface area contributed by atoms with Gasteiger partial charge in [-0.05, 0) is 41.5 Å². The number of nitrogens with one attached hydrogen (secondary N) is 1. The summed E-state index contributed by atoms with van der Waals surface area (Å²) in [6.45, 7) is 0. The minimum atomic E-state index is -4.98. The Morgan fingerprint density at radius 1 is 1.00 bits per heavy atom. The van der Waals surface area contributed by atoms with Gasteiger partial charge in [0.2, 0.25) is 0 Å². The summed E-state index contributed by atoms with van der Waals surface area (Å²) in [5, 5.41) is 18.6. The number of ether oxygens (including phenoxy) is 3. The van der Waals surface area contributed by atoms with Crippen LogP contribution in [-0.2, 0) is 0 Å². The molecule has 7 nitrogen and oxygen atoms in total. The first-order valence-corrected chi connectivity index (χ1v) is 7.76. The predicted molar refractivity (Wildman–Crippen MR) is 84.9 cm³/mol. The second kappa shape index (κ2) is 6.33. The third-order valence-electron chi connectivity index (χ3n) is 3.81. The van der Waals surface area contributed by atoms with Crippen molar-refractivity contribution in [1.29, 1.82) is 5.26 Å². The first-order chi connectivity index (χ1) is 13.6. The van der Waals surface area contributed by atoms with E-state index in [2.05, 4.69) is 29.6 Å². The molecule has 1 N–H and O–H groups in total. The first kappa shape index (κ1) is 18.5. The van der Waals surface area contributed by atoms with Crippen LogP contribution in [0.5, 0.6) is 17.2 Å². The van der Waals surface area contributed by atoms with E-state index in [0.29, 0.717) is 0 Å². The summed E-state index contributed by atoms with van der Waals surface area (Å²) in [5.74, 6) is -1.10. The summed E-state index contributed by atoms with van der Waals surface area (Å²) in [4.78, 5) is 0. The Labute approximate surface area is 158 Å². The first-order valence-electron chi connectivity index (χ1n) is 7.76. The monoisotopic (exact) mass is 410 g/mol. The van der Waals surface area contributed by atoms with Gasteiger partial charge in [0.05, 0.1) is 0 Å². The maximum Gasteiger partial charge on any atom is 0.586 e. The Kier molecular flexibility index (Phi) is 4.04. The van der Waals surface area contributed by atoms with Crippen LogP contribution in [0.1, 0.15) is 5.69 Å². The fraction of sp³-hybridized carbons (Fsp3) is 0.118. The molecular weight excluding hydrogens is 403 g/mol. The van der Waals surface area contributed by atoms with Gasteiger partial charge in [0, 0.05) is 5.56 Å². The van der Waals surface area contributed by atoms with Crippen molar-refractivity contribution >= 4 is 0 Å². The molecule has 0 bridgehead atoms. The van der Waals surface area contributed by atoms with Crippen molar-refractivity contribution < 1.29 is 36.2 Å².